The quantitative estimate of drug-likeness (QED) is 0.681. The topological polar surface area (TPSA) is 48.0 Å². The number of rotatable bonds is 3. The molecule has 3 N–H and O–H groups in total. The molecule has 0 saturated heterocycles. The lowest BCUT2D eigenvalue weighted by atomic mass is 9.93. The third kappa shape index (κ3) is 2.59. The number of hydrogen-bond acceptors (Lipinski definition) is 2. The predicted octanol–water partition coefficient (Wildman–Crippen LogP) is 1.41. The number of aromatic amines is 1. The van der Waals surface area contributed by atoms with E-state index >= 15 is 0 Å². The van der Waals surface area contributed by atoms with Crippen LogP contribution in [0.5, 0.6) is 0 Å². The van der Waals surface area contributed by atoms with Gasteiger partial charge >= 0.3 is 0 Å². The van der Waals surface area contributed by atoms with E-state index in [-0.39, 0.29) is 6.10 Å². The molecule has 14 heavy (non-hydrogen) atoms. The Morgan fingerprint density at radius 2 is 2.43 bits per heavy atom. The molecule has 0 aliphatic heterocycles. The van der Waals surface area contributed by atoms with E-state index in [0.717, 1.165) is 25.8 Å². The third-order valence-electron chi connectivity index (χ3n) is 2.90. The molecule has 1 aromatic heterocycles. The summed E-state index contributed by atoms with van der Waals surface area (Å²) in [5.74, 6) is 0. The fourth-order valence-corrected chi connectivity index (χ4v) is 2.08. The van der Waals surface area contributed by atoms with E-state index in [1.807, 2.05) is 12.4 Å². The normalized spacial score (nSPS) is 27.8. The minimum Gasteiger partial charge on any atom is -0.393 e. The molecule has 1 saturated carbocycles. The van der Waals surface area contributed by atoms with E-state index in [0.29, 0.717) is 6.04 Å². The average molecular weight is 194 g/mol. The van der Waals surface area contributed by atoms with Gasteiger partial charge in [0.2, 0.25) is 0 Å². The van der Waals surface area contributed by atoms with Crippen LogP contribution in [0.4, 0.5) is 0 Å². The third-order valence-corrected chi connectivity index (χ3v) is 2.90. The highest BCUT2D eigenvalue weighted by molar-refractivity contribution is 5.07. The molecule has 1 fully saturated rings. The van der Waals surface area contributed by atoms with Crippen LogP contribution in [0.2, 0.25) is 0 Å². The zero-order valence-electron chi connectivity index (χ0n) is 8.37. The van der Waals surface area contributed by atoms with E-state index < -0.39 is 0 Å². The summed E-state index contributed by atoms with van der Waals surface area (Å²) in [6.45, 7) is 0.904. The van der Waals surface area contributed by atoms with Crippen LogP contribution >= 0.6 is 0 Å². The lowest BCUT2D eigenvalue weighted by Crippen LogP contribution is -2.35. The van der Waals surface area contributed by atoms with E-state index in [4.69, 9.17) is 0 Å². The molecule has 0 aromatic carbocycles. The Morgan fingerprint density at radius 3 is 3.14 bits per heavy atom. The molecular formula is C11H18N2O. The molecule has 1 aromatic rings. The number of aliphatic hydroxyl groups is 1. The zero-order valence-corrected chi connectivity index (χ0v) is 8.37. The molecule has 1 heterocycles. The van der Waals surface area contributed by atoms with Crippen LogP contribution in [0.3, 0.4) is 0 Å². The van der Waals surface area contributed by atoms with Gasteiger partial charge in [-0.3, -0.25) is 0 Å². The highest BCUT2D eigenvalue weighted by atomic mass is 16.3. The summed E-state index contributed by atoms with van der Waals surface area (Å²) in [6, 6.07) is 2.57. The Kier molecular flexibility index (Phi) is 3.22. The molecule has 0 spiro atoms. The summed E-state index contributed by atoms with van der Waals surface area (Å²) in [6.07, 6.45) is 8.08. The van der Waals surface area contributed by atoms with Gasteiger partial charge in [0.25, 0.3) is 0 Å². The van der Waals surface area contributed by atoms with Gasteiger partial charge in [-0.25, -0.2) is 0 Å². The van der Waals surface area contributed by atoms with Gasteiger partial charge in [-0.1, -0.05) is 0 Å². The molecule has 1 aliphatic rings. The van der Waals surface area contributed by atoms with Crippen molar-refractivity contribution < 1.29 is 5.11 Å². The second kappa shape index (κ2) is 4.62. The molecule has 1 aliphatic carbocycles. The standard InChI is InChI=1S/C11H18N2O/c14-11-3-1-2-10(6-11)13-8-9-4-5-12-7-9/h4-5,7,10-14H,1-3,6,8H2. The van der Waals surface area contributed by atoms with E-state index in [2.05, 4.69) is 16.4 Å². The van der Waals surface area contributed by atoms with E-state index in [9.17, 15) is 5.11 Å². The van der Waals surface area contributed by atoms with Gasteiger partial charge in [-0.2, -0.15) is 0 Å². The predicted molar refractivity (Wildman–Crippen MR) is 55.9 cm³/mol. The number of hydrogen-bond donors (Lipinski definition) is 3. The Hall–Kier alpha value is -0.800. The monoisotopic (exact) mass is 194 g/mol. The number of H-pyrrole nitrogens is 1. The summed E-state index contributed by atoms with van der Waals surface area (Å²) in [4.78, 5) is 3.04. The lowest BCUT2D eigenvalue weighted by Gasteiger charge is -2.26. The first kappa shape index (κ1) is 9.74. The second-order valence-corrected chi connectivity index (χ2v) is 4.12. The van der Waals surface area contributed by atoms with E-state index in [1.54, 1.807) is 0 Å². The number of aliphatic hydroxyl groups excluding tert-OH is 1. The van der Waals surface area contributed by atoms with Crippen LogP contribution in [0.1, 0.15) is 31.2 Å². The first-order valence-electron chi connectivity index (χ1n) is 5.38. The average Bonchev–Trinajstić information content (AvgIpc) is 2.67. The Bertz CT molecular complexity index is 258. The Balaban J connectivity index is 1.75. The SMILES string of the molecule is OC1CCCC(NCc2cc[nH]c2)C1. The molecule has 2 atom stereocenters. The Labute approximate surface area is 84.5 Å². The molecule has 0 radical (unpaired) electrons. The van der Waals surface area contributed by atoms with Crippen LogP contribution in [0, 0.1) is 0 Å². The van der Waals surface area contributed by atoms with Crippen LogP contribution < -0.4 is 5.32 Å². The fourth-order valence-electron chi connectivity index (χ4n) is 2.08. The smallest absolute Gasteiger partial charge is 0.0555 e. The zero-order chi connectivity index (χ0) is 9.80. The van der Waals surface area contributed by atoms with Gasteiger partial charge < -0.3 is 15.4 Å². The highest BCUT2D eigenvalue weighted by Gasteiger charge is 2.19. The second-order valence-electron chi connectivity index (χ2n) is 4.12. The van der Waals surface area contributed by atoms with Crippen molar-refractivity contribution in [2.24, 2.45) is 0 Å². The summed E-state index contributed by atoms with van der Waals surface area (Å²) >= 11 is 0. The van der Waals surface area contributed by atoms with Crippen molar-refractivity contribution in [2.75, 3.05) is 0 Å². The molecule has 78 valence electrons. The van der Waals surface area contributed by atoms with Gasteiger partial charge in [-0.05, 0) is 37.3 Å². The first-order chi connectivity index (χ1) is 6.84. The summed E-state index contributed by atoms with van der Waals surface area (Å²) < 4.78 is 0. The first-order valence-corrected chi connectivity index (χ1v) is 5.38. The van der Waals surface area contributed by atoms with Crippen molar-refractivity contribution in [3.63, 3.8) is 0 Å². The fraction of sp³-hybridized carbons (Fsp3) is 0.636. The van der Waals surface area contributed by atoms with Gasteiger partial charge in [0.15, 0.2) is 0 Å². The molecule has 0 bridgehead atoms. The molecule has 3 nitrogen and oxygen atoms in total. The summed E-state index contributed by atoms with van der Waals surface area (Å²) in [7, 11) is 0. The maximum atomic E-state index is 9.49. The highest BCUT2D eigenvalue weighted by Crippen LogP contribution is 2.18. The molecule has 2 rings (SSSR count). The van der Waals surface area contributed by atoms with Crippen molar-refractivity contribution in [3.8, 4) is 0 Å². The molecular weight excluding hydrogens is 176 g/mol. The van der Waals surface area contributed by atoms with Crippen molar-refractivity contribution in [2.45, 2.75) is 44.4 Å². The van der Waals surface area contributed by atoms with E-state index in [1.165, 1.54) is 12.0 Å². The van der Waals surface area contributed by atoms with Crippen LogP contribution in [-0.2, 0) is 6.54 Å². The summed E-state index contributed by atoms with van der Waals surface area (Å²) in [5, 5.41) is 13.0. The molecule has 2 unspecified atom stereocenters. The summed E-state index contributed by atoms with van der Waals surface area (Å²) in [5.41, 5.74) is 1.28. The van der Waals surface area contributed by atoms with Crippen molar-refractivity contribution in [1.82, 2.24) is 10.3 Å². The Morgan fingerprint density at radius 1 is 1.50 bits per heavy atom. The van der Waals surface area contributed by atoms with Crippen LogP contribution in [0.25, 0.3) is 0 Å². The minimum absolute atomic E-state index is 0.0903. The number of nitrogens with one attached hydrogen (secondary N) is 2. The van der Waals surface area contributed by atoms with Gasteiger partial charge in [0, 0.05) is 25.0 Å². The lowest BCUT2D eigenvalue weighted by molar-refractivity contribution is 0.111. The van der Waals surface area contributed by atoms with Gasteiger partial charge in [0.1, 0.15) is 0 Å². The van der Waals surface area contributed by atoms with Gasteiger partial charge in [-0.15, -0.1) is 0 Å². The largest absolute Gasteiger partial charge is 0.393 e. The maximum Gasteiger partial charge on any atom is 0.0555 e. The van der Waals surface area contributed by atoms with Crippen LogP contribution in [-0.4, -0.2) is 22.2 Å². The van der Waals surface area contributed by atoms with Crippen LogP contribution in [0.15, 0.2) is 18.5 Å². The van der Waals surface area contributed by atoms with Crippen molar-refractivity contribution in [3.05, 3.63) is 24.0 Å². The maximum absolute atomic E-state index is 9.49. The molecule has 0 amide bonds. The minimum atomic E-state index is -0.0903. The van der Waals surface area contributed by atoms with Gasteiger partial charge in [0.05, 0.1) is 6.10 Å². The van der Waals surface area contributed by atoms with Crippen molar-refractivity contribution in [1.29, 1.82) is 0 Å². The number of aromatic nitrogens is 1. The van der Waals surface area contributed by atoms with Crippen molar-refractivity contribution >= 4 is 0 Å². The molecule has 3 heteroatoms.